The molecule has 0 aliphatic carbocycles. The van der Waals surface area contributed by atoms with E-state index >= 15 is 0 Å². The van der Waals surface area contributed by atoms with Gasteiger partial charge in [-0.3, -0.25) is 0 Å². The molecule has 1 unspecified atom stereocenters. The molecule has 2 rings (SSSR count). The third kappa shape index (κ3) is 2.83. The van der Waals surface area contributed by atoms with Crippen molar-refractivity contribution in [2.24, 2.45) is 5.73 Å². The SMILES string of the molecule is Cc1cscc1C(N)Cc1c(Cl)cccc1Cl. The van der Waals surface area contributed by atoms with Crippen LogP contribution in [0, 0.1) is 6.92 Å². The molecule has 0 saturated carbocycles. The van der Waals surface area contributed by atoms with Gasteiger partial charge in [-0.1, -0.05) is 29.3 Å². The van der Waals surface area contributed by atoms with Gasteiger partial charge in [-0.25, -0.2) is 0 Å². The Bertz CT molecular complexity index is 502. The zero-order chi connectivity index (χ0) is 12.4. The lowest BCUT2D eigenvalue weighted by molar-refractivity contribution is 0.720. The lowest BCUT2D eigenvalue weighted by atomic mass is 9.99. The average molecular weight is 286 g/mol. The van der Waals surface area contributed by atoms with Crippen LogP contribution in [0.3, 0.4) is 0 Å². The quantitative estimate of drug-likeness (QED) is 0.876. The third-order valence-electron chi connectivity index (χ3n) is 2.78. The Morgan fingerprint density at radius 1 is 1.24 bits per heavy atom. The predicted molar refractivity (Wildman–Crippen MR) is 76.2 cm³/mol. The van der Waals surface area contributed by atoms with E-state index in [9.17, 15) is 0 Å². The van der Waals surface area contributed by atoms with E-state index in [1.807, 2.05) is 18.2 Å². The molecule has 1 atom stereocenters. The lowest BCUT2D eigenvalue weighted by Crippen LogP contribution is -2.14. The summed E-state index contributed by atoms with van der Waals surface area (Å²) < 4.78 is 0. The number of benzene rings is 1. The Kier molecular flexibility index (Phi) is 4.10. The van der Waals surface area contributed by atoms with Crippen molar-refractivity contribution in [1.29, 1.82) is 0 Å². The molecule has 2 N–H and O–H groups in total. The van der Waals surface area contributed by atoms with Crippen molar-refractivity contribution in [2.45, 2.75) is 19.4 Å². The van der Waals surface area contributed by atoms with Crippen molar-refractivity contribution < 1.29 is 0 Å². The summed E-state index contributed by atoms with van der Waals surface area (Å²) in [5.41, 5.74) is 9.52. The normalized spacial score (nSPS) is 12.7. The molecule has 1 heterocycles. The molecule has 0 bridgehead atoms. The molecule has 1 nitrogen and oxygen atoms in total. The maximum absolute atomic E-state index is 6.20. The summed E-state index contributed by atoms with van der Waals surface area (Å²) in [5.74, 6) is 0. The summed E-state index contributed by atoms with van der Waals surface area (Å²) in [7, 11) is 0. The van der Waals surface area contributed by atoms with Crippen LogP contribution < -0.4 is 5.73 Å². The van der Waals surface area contributed by atoms with Crippen LogP contribution in [0.25, 0.3) is 0 Å². The van der Waals surface area contributed by atoms with Gasteiger partial charge in [0.1, 0.15) is 0 Å². The van der Waals surface area contributed by atoms with E-state index in [2.05, 4.69) is 17.7 Å². The fourth-order valence-corrected chi connectivity index (χ4v) is 3.27. The fourth-order valence-electron chi connectivity index (χ4n) is 1.81. The second kappa shape index (κ2) is 5.40. The maximum atomic E-state index is 6.20. The molecule has 0 fully saturated rings. The van der Waals surface area contributed by atoms with E-state index in [0.717, 1.165) is 5.56 Å². The maximum Gasteiger partial charge on any atom is 0.0453 e. The Hall–Kier alpha value is -0.540. The van der Waals surface area contributed by atoms with Gasteiger partial charge < -0.3 is 5.73 Å². The minimum Gasteiger partial charge on any atom is -0.324 e. The minimum atomic E-state index is -0.0568. The van der Waals surface area contributed by atoms with Gasteiger partial charge in [0.05, 0.1) is 0 Å². The Morgan fingerprint density at radius 2 is 1.88 bits per heavy atom. The highest BCUT2D eigenvalue weighted by atomic mass is 35.5. The number of rotatable bonds is 3. The molecule has 0 aliphatic rings. The molecule has 2 aromatic rings. The summed E-state index contributed by atoms with van der Waals surface area (Å²) in [6, 6.07) is 5.47. The summed E-state index contributed by atoms with van der Waals surface area (Å²) >= 11 is 13.9. The van der Waals surface area contributed by atoms with Crippen LogP contribution in [0.5, 0.6) is 0 Å². The van der Waals surface area contributed by atoms with Crippen LogP contribution >= 0.6 is 34.5 Å². The van der Waals surface area contributed by atoms with Gasteiger partial charge in [0.15, 0.2) is 0 Å². The standard InChI is InChI=1S/C13H13Cl2NS/c1-8-6-17-7-10(8)13(16)5-9-11(14)3-2-4-12(9)15/h2-4,6-7,13H,5,16H2,1H3. The molecule has 90 valence electrons. The second-order valence-corrected chi connectivity index (χ2v) is 5.58. The molecule has 4 heteroatoms. The van der Waals surface area contributed by atoms with Crippen molar-refractivity contribution in [1.82, 2.24) is 0 Å². The van der Waals surface area contributed by atoms with E-state index in [4.69, 9.17) is 28.9 Å². The number of halogens is 2. The molecule has 0 radical (unpaired) electrons. The highest BCUT2D eigenvalue weighted by Crippen LogP contribution is 2.30. The molecule has 0 aliphatic heterocycles. The highest BCUT2D eigenvalue weighted by molar-refractivity contribution is 7.08. The first-order valence-corrected chi connectivity index (χ1v) is 7.00. The molecule has 1 aromatic carbocycles. The van der Waals surface area contributed by atoms with E-state index in [-0.39, 0.29) is 6.04 Å². The monoisotopic (exact) mass is 285 g/mol. The largest absolute Gasteiger partial charge is 0.324 e. The lowest BCUT2D eigenvalue weighted by Gasteiger charge is -2.14. The van der Waals surface area contributed by atoms with Crippen molar-refractivity contribution >= 4 is 34.5 Å². The van der Waals surface area contributed by atoms with Gasteiger partial charge in [0.25, 0.3) is 0 Å². The number of aryl methyl sites for hydroxylation is 1. The first-order valence-electron chi connectivity index (χ1n) is 5.30. The number of hydrogen-bond donors (Lipinski definition) is 1. The molecule has 1 aromatic heterocycles. The Morgan fingerprint density at radius 3 is 2.41 bits per heavy atom. The van der Waals surface area contributed by atoms with Gasteiger partial charge in [-0.15, -0.1) is 0 Å². The van der Waals surface area contributed by atoms with Gasteiger partial charge in [-0.05, 0) is 52.9 Å². The van der Waals surface area contributed by atoms with Gasteiger partial charge in [0.2, 0.25) is 0 Å². The summed E-state index contributed by atoms with van der Waals surface area (Å²) in [4.78, 5) is 0. The van der Waals surface area contributed by atoms with Gasteiger partial charge in [0, 0.05) is 16.1 Å². The van der Waals surface area contributed by atoms with E-state index in [1.54, 1.807) is 11.3 Å². The van der Waals surface area contributed by atoms with Crippen LogP contribution in [0.2, 0.25) is 10.0 Å². The van der Waals surface area contributed by atoms with Crippen LogP contribution in [0.15, 0.2) is 29.0 Å². The van der Waals surface area contributed by atoms with Crippen molar-refractivity contribution in [3.63, 3.8) is 0 Å². The van der Waals surface area contributed by atoms with Crippen molar-refractivity contribution in [3.05, 3.63) is 55.7 Å². The summed E-state index contributed by atoms with van der Waals surface area (Å²) in [6.45, 7) is 2.07. The van der Waals surface area contributed by atoms with Crippen molar-refractivity contribution in [3.8, 4) is 0 Å². The van der Waals surface area contributed by atoms with Crippen LogP contribution in [0.4, 0.5) is 0 Å². The minimum absolute atomic E-state index is 0.0568. The zero-order valence-electron chi connectivity index (χ0n) is 9.41. The van der Waals surface area contributed by atoms with E-state index in [1.165, 1.54) is 11.1 Å². The van der Waals surface area contributed by atoms with Crippen LogP contribution in [-0.2, 0) is 6.42 Å². The van der Waals surface area contributed by atoms with Gasteiger partial charge in [-0.2, -0.15) is 11.3 Å². The number of hydrogen-bond acceptors (Lipinski definition) is 2. The Balaban J connectivity index is 2.25. The van der Waals surface area contributed by atoms with Gasteiger partial charge >= 0.3 is 0 Å². The Labute approximate surface area is 115 Å². The zero-order valence-corrected chi connectivity index (χ0v) is 11.7. The first kappa shape index (κ1) is 12.9. The van der Waals surface area contributed by atoms with Crippen LogP contribution in [-0.4, -0.2) is 0 Å². The molecule has 0 spiro atoms. The smallest absolute Gasteiger partial charge is 0.0453 e. The molecule has 0 saturated heterocycles. The van der Waals surface area contributed by atoms with Crippen molar-refractivity contribution in [2.75, 3.05) is 0 Å². The molecular formula is C13H13Cl2NS. The fraction of sp³-hybridized carbons (Fsp3) is 0.231. The topological polar surface area (TPSA) is 26.0 Å². The van der Waals surface area contributed by atoms with E-state index < -0.39 is 0 Å². The summed E-state index contributed by atoms with van der Waals surface area (Å²) in [6.07, 6.45) is 0.663. The van der Waals surface area contributed by atoms with E-state index in [0.29, 0.717) is 16.5 Å². The predicted octanol–water partition coefficient (Wildman–Crippen LogP) is 4.61. The average Bonchev–Trinajstić information content (AvgIpc) is 2.70. The van der Waals surface area contributed by atoms with Crippen LogP contribution in [0.1, 0.15) is 22.7 Å². The highest BCUT2D eigenvalue weighted by Gasteiger charge is 2.14. The third-order valence-corrected chi connectivity index (χ3v) is 4.37. The molecule has 17 heavy (non-hydrogen) atoms. The summed E-state index contributed by atoms with van der Waals surface area (Å²) in [5, 5.41) is 5.55. The second-order valence-electron chi connectivity index (χ2n) is 4.02. The number of nitrogens with two attached hydrogens (primary N) is 1. The first-order chi connectivity index (χ1) is 8.09. The molecular weight excluding hydrogens is 273 g/mol. The number of thiophene rings is 1. The molecule has 0 amide bonds.